The van der Waals surface area contributed by atoms with Crippen molar-refractivity contribution in [1.82, 2.24) is 0 Å². The van der Waals surface area contributed by atoms with Crippen LogP contribution in [0.1, 0.15) is 17.9 Å². The van der Waals surface area contributed by atoms with Crippen molar-refractivity contribution in [2.75, 3.05) is 0 Å². The predicted molar refractivity (Wildman–Crippen MR) is 56.7 cm³/mol. The van der Waals surface area contributed by atoms with E-state index in [1.165, 1.54) is 5.56 Å². The van der Waals surface area contributed by atoms with E-state index in [1.807, 2.05) is 0 Å². The summed E-state index contributed by atoms with van der Waals surface area (Å²) in [7, 11) is 0. The van der Waals surface area contributed by atoms with Crippen molar-refractivity contribution in [3.05, 3.63) is 34.3 Å². The maximum Gasteiger partial charge on any atom is 0.0175 e. The second-order valence-corrected chi connectivity index (χ2v) is 3.97. The minimum absolute atomic E-state index is 0. The van der Waals surface area contributed by atoms with Crippen LogP contribution in [0.4, 0.5) is 0 Å². The maximum absolute atomic E-state index is 5.72. The third-order valence-corrected chi connectivity index (χ3v) is 2.67. The van der Waals surface area contributed by atoms with Gasteiger partial charge in [-0.2, -0.15) is 0 Å². The summed E-state index contributed by atoms with van der Waals surface area (Å²) in [6, 6.07) is 8.83. The first-order valence-corrected chi connectivity index (χ1v) is 4.58. The highest BCUT2D eigenvalue weighted by molar-refractivity contribution is 9.10. The van der Waals surface area contributed by atoms with Gasteiger partial charge in [-0.1, -0.05) is 28.1 Å². The van der Waals surface area contributed by atoms with E-state index >= 15 is 0 Å². The molecule has 0 spiro atoms. The molecule has 0 aromatic heterocycles. The number of rotatable bonds is 1. The molecule has 1 saturated carbocycles. The zero-order valence-electron chi connectivity index (χ0n) is 6.53. The zero-order valence-corrected chi connectivity index (χ0v) is 8.94. The van der Waals surface area contributed by atoms with Crippen LogP contribution in [0.5, 0.6) is 0 Å². The average Bonchev–Trinajstić information content (AvgIpc) is 2.69. The van der Waals surface area contributed by atoms with Gasteiger partial charge in [-0.25, -0.2) is 0 Å². The van der Waals surface area contributed by atoms with Crippen LogP contribution in [0.15, 0.2) is 28.7 Å². The Bertz CT molecular complexity index is 260. The molecule has 0 aliphatic heterocycles. The lowest BCUT2D eigenvalue weighted by atomic mass is 10.1. The van der Waals surface area contributed by atoms with Gasteiger partial charge in [0, 0.05) is 16.4 Å². The monoisotopic (exact) mass is 247 g/mol. The highest BCUT2D eigenvalue weighted by Crippen LogP contribution is 2.38. The Morgan fingerprint density at radius 3 is 2.17 bits per heavy atom. The minimum atomic E-state index is 0. The molecule has 1 aliphatic rings. The molecule has 0 saturated heterocycles. The van der Waals surface area contributed by atoms with Crippen LogP contribution in [0.2, 0.25) is 0 Å². The summed E-state index contributed by atoms with van der Waals surface area (Å²) in [4.78, 5) is 0. The average molecular weight is 249 g/mol. The summed E-state index contributed by atoms with van der Waals surface area (Å²) in [6.07, 6.45) is 1.15. The molecule has 66 valence electrons. The lowest BCUT2D eigenvalue weighted by molar-refractivity contribution is 0.990. The molecule has 1 aromatic rings. The highest BCUT2D eigenvalue weighted by Gasteiger charge is 2.34. The van der Waals surface area contributed by atoms with Crippen LogP contribution in [-0.4, -0.2) is 6.04 Å². The lowest BCUT2D eigenvalue weighted by Crippen LogP contribution is -2.00. The summed E-state index contributed by atoms with van der Waals surface area (Å²) in [6.45, 7) is 0. The molecule has 0 heterocycles. The molecular weight excluding hydrogens is 237 g/mol. The van der Waals surface area contributed by atoms with Crippen LogP contribution in [-0.2, 0) is 0 Å². The molecule has 0 radical (unpaired) electrons. The van der Waals surface area contributed by atoms with E-state index in [0.29, 0.717) is 12.0 Å². The van der Waals surface area contributed by atoms with Gasteiger partial charge in [-0.3, -0.25) is 0 Å². The number of halogens is 2. The van der Waals surface area contributed by atoms with Gasteiger partial charge in [-0.15, -0.1) is 12.4 Å². The molecule has 2 rings (SSSR count). The fourth-order valence-electron chi connectivity index (χ4n) is 1.31. The van der Waals surface area contributed by atoms with Gasteiger partial charge >= 0.3 is 0 Å². The van der Waals surface area contributed by atoms with Crippen molar-refractivity contribution in [2.24, 2.45) is 5.73 Å². The van der Waals surface area contributed by atoms with E-state index in [1.54, 1.807) is 0 Å². The number of hydrogen-bond acceptors (Lipinski definition) is 1. The Morgan fingerprint density at radius 2 is 1.75 bits per heavy atom. The quantitative estimate of drug-likeness (QED) is 0.812. The standard InChI is InChI=1S/C9H10BrN.ClH/c10-7-3-1-6(2-4-7)8-5-9(8)11;/h1-4,8-9H,5,11H2;1H. The van der Waals surface area contributed by atoms with Crippen LogP contribution in [0, 0.1) is 0 Å². The molecule has 2 atom stereocenters. The van der Waals surface area contributed by atoms with E-state index in [0.717, 1.165) is 10.9 Å². The van der Waals surface area contributed by atoms with Crippen LogP contribution in [0.3, 0.4) is 0 Å². The second kappa shape index (κ2) is 3.77. The fourth-order valence-corrected chi connectivity index (χ4v) is 1.57. The minimum Gasteiger partial charge on any atom is -0.327 e. The predicted octanol–water partition coefficient (Wildman–Crippen LogP) is 2.69. The first-order chi connectivity index (χ1) is 5.27. The molecule has 0 bridgehead atoms. The largest absolute Gasteiger partial charge is 0.327 e. The molecule has 0 amide bonds. The topological polar surface area (TPSA) is 26.0 Å². The van der Waals surface area contributed by atoms with Gasteiger partial charge in [0.05, 0.1) is 0 Å². The van der Waals surface area contributed by atoms with Crippen molar-refractivity contribution in [3.63, 3.8) is 0 Å². The molecule has 12 heavy (non-hydrogen) atoms. The van der Waals surface area contributed by atoms with Crippen molar-refractivity contribution in [1.29, 1.82) is 0 Å². The molecule has 3 heteroatoms. The summed E-state index contributed by atoms with van der Waals surface area (Å²) < 4.78 is 1.13. The molecule has 1 aliphatic carbocycles. The Labute approximate surface area is 86.9 Å². The van der Waals surface area contributed by atoms with Crippen LogP contribution >= 0.6 is 28.3 Å². The molecule has 1 fully saturated rings. The van der Waals surface area contributed by atoms with E-state index in [4.69, 9.17) is 5.73 Å². The fraction of sp³-hybridized carbons (Fsp3) is 0.333. The third kappa shape index (κ3) is 2.00. The van der Waals surface area contributed by atoms with Gasteiger partial charge in [-0.05, 0) is 24.1 Å². The van der Waals surface area contributed by atoms with Crippen LogP contribution in [0.25, 0.3) is 0 Å². The zero-order chi connectivity index (χ0) is 7.84. The highest BCUT2D eigenvalue weighted by atomic mass is 79.9. The smallest absolute Gasteiger partial charge is 0.0175 e. The van der Waals surface area contributed by atoms with Crippen molar-refractivity contribution < 1.29 is 0 Å². The summed E-state index contributed by atoms with van der Waals surface area (Å²) >= 11 is 3.40. The Balaban J connectivity index is 0.000000720. The first-order valence-electron chi connectivity index (χ1n) is 3.78. The molecule has 1 aromatic carbocycles. The maximum atomic E-state index is 5.72. The number of nitrogens with two attached hydrogens (primary N) is 1. The molecule has 2 unspecified atom stereocenters. The number of hydrogen-bond donors (Lipinski definition) is 1. The molecular formula is C9H11BrClN. The van der Waals surface area contributed by atoms with Gasteiger partial charge in [0.2, 0.25) is 0 Å². The van der Waals surface area contributed by atoms with Gasteiger partial charge < -0.3 is 5.73 Å². The summed E-state index contributed by atoms with van der Waals surface area (Å²) in [5, 5.41) is 0. The molecule has 1 nitrogen and oxygen atoms in total. The third-order valence-electron chi connectivity index (χ3n) is 2.14. The lowest BCUT2D eigenvalue weighted by Gasteiger charge is -1.96. The van der Waals surface area contributed by atoms with E-state index in [-0.39, 0.29) is 12.4 Å². The number of benzene rings is 1. The van der Waals surface area contributed by atoms with Crippen LogP contribution < -0.4 is 5.73 Å². The summed E-state index contributed by atoms with van der Waals surface area (Å²) in [5.74, 6) is 0.628. The normalized spacial score (nSPS) is 26.2. The van der Waals surface area contributed by atoms with Crippen molar-refractivity contribution in [2.45, 2.75) is 18.4 Å². The van der Waals surface area contributed by atoms with Crippen molar-refractivity contribution in [3.8, 4) is 0 Å². The van der Waals surface area contributed by atoms with E-state index in [9.17, 15) is 0 Å². The summed E-state index contributed by atoms with van der Waals surface area (Å²) in [5.41, 5.74) is 7.10. The van der Waals surface area contributed by atoms with Gasteiger partial charge in [0.15, 0.2) is 0 Å². The van der Waals surface area contributed by atoms with Gasteiger partial charge in [0.1, 0.15) is 0 Å². The van der Waals surface area contributed by atoms with E-state index in [2.05, 4.69) is 40.2 Å². The van der Waals surface area contributed by atoms with E-state index < -0.39 is 0 Å². The Morgan fingerprint density at radius 1 is 1.25 bits per heavy atom. The Kier molecular flexibility index (Phi) is 3.16. The second-order valence-electron chi connectivity index (χ2n) is 3.06. The van der Waals surface area contributed by atoms with Gasteiger partial charge in [0.25, 0.3) is 0 Å². The SMILES string of the molecule is Cl.NC1CC1c1ccc(Br)cc1. The van der Waals surface area contributed by atoms with Crippen molar-refractivity contribution >= 4 is 28.3 Å². The first kappa shape index (κ1) is 10.0. The molecule has 2 N–H and O–H groups in total. The Hall–Kier alpha value is -0.0500.